The van der Waals surface area contributed by atoms with Crippen LogP contribution >= 0.6 is 11.6 Å². The Kier molecular flexibility index (Phi) is 5.58. The molecular weight excluding hydrogens is 386 g/mol. The molecule has 0 spiro atoms. The Hall–Kier alpha value is -2.79. The zero-order valence-corrected chi connectivity index (χ0v) is 17.1. The van der Waals surface area contributed by atoms with Gasteiger partial charge >= 0.3 is 6.03 Å². The first kappa shape index (κ1) is 19.5. The molecule has 2 N–H and O–H groups in total. The number of anilines is 1. The third kappa shape index (κ3) is 4.46. The number of carbonyl (C=O) groups excluding carboxylic acids is 1. The third-order valence-corrected chi connectivity index (χ3v) is 5.75. The molecule has 0 unspecified atom stereocenters. The number of aryl methyl sites for hydroxylation is 1. The van der Waals surface area contributed by atoms with Crippen molar-refractivity contribution in [2.24, 2.45) is 0 Å². The maximum absolute atomic E-state index is 13.1. The lowest BCUT2D eigenvalue weighted by Crippen LogP contribution is -2.42. The summed E-state index contributed by atoms with van der Waals surface area (Å²) in [5.74, 6) is 0. The Labute approximate surface area is 174 Å². The fraction of sp³-hybridized carbons (Fsp3) is 0.304. The van der Waals surface area contributed by atoms with E-state index in [4.69, 9.17) is 11.6 Å². The largest absolute Gasteiger partial charge is 0.322 e. The number of urea groups is 1. The molecule has 1 heterocycles. The molecular formula is C23H24ClN3O2. The molecule has 4 rings (SSSR count). The summed E-state index contributed by atoms with van der Waals surface area (Å²) in [6, 6.07) is 14.8. The Morgan fingerprint density at radius 1 is 1.17 bits per heavy atom. The number of nitrogens with one attached hydrogen (secondary N) is 2. The van der Waals surface area contributed by atoms with Crippen LogP contribution in [0.2, 0.25) is 5.02 Å². The summed E-state index contributed by atoms with van der Waals surface area (Å²) < 4.78 is 0. The van der Waals surface area contributed by atoms with Crippen LogP contribution in [0.1, 0.15) is 36.8 Å². The van der Waals surface area contributed by atoms with Crippen molar-refractivity contribution in [3.8, 4) is 0 Å². The molecule has 2 amide bonds. The van der Waals surface area contributed by atoms with Crippen LogP contribution in [0, 0.1) is 6.92 Å². The fourth-order valence-electron chi connectivity index (χ4n) is 4.02. The topological polar surface area (TPSA) is 65.2 Å². The van der Waals surface area contributed by atoms with Gasteiger partial charge in [-0.2, -0.15) is 0 Å². The standard InChI is InChI=1S/C23H24ClN3O2/c1-15-9-10-21-16(11-15)12-17(22(28)26-21)14-27(20-7-2-3-8-20)23(29)25-19-6-4-5-18(24)13-19/h4-6,9-13,20H,2-3,7-8,14H2,1H3,(H,25,29)(H,26,28). The predicted octanol–water partition coefficient (Wildman–Crippen LogP) is 5.47. The number of fused-ring (bicyclic) bond motifs is 1. The molecule has 0 radical (unpaired) electrons. The van der Waals surface area contributed by atoms with Crippen molar-refractivity contribution in [2.45, 2.75) is 45.2 Å². The average Bonchev–Trinajstić information content (AvgIpc) is 3.21. The number of aromatic nitrogens is 1. The summed E-state index contributed by atoms with van der Waals surface area (Å²) in [4.78, 5) is 30.5. The lowest BCUT2D eigenvalue weighted by molar-refractivity contribution is 0.184. The van der Waals surface area contributed by atoms with Gasteiger partial charge in [0.15, 0.2) is 0 Å². The highest BCUT2D eigenvalue weighted by Gasteiger charge is 2.27. The summed E-state index contributed by atoms with van der Waals surface area (Å²) in [5, 5.41) is 4.48. The van der Waals surface area contributed by atoms with Gasteiger partial charge in [0.05, 0.1) is 6.54 Å². The van der Waals surface area contributed by atoms with Crippen molar-refractivity contribution < 1.29 is 4.79 Å². The molecule has 6 heteroatoms. The second-order valence-corrected chi connectivity index (χ2v) is 8.16. The van der Waals surface area contributed by atoms with Crippen molar-refractivity contribution in [3.05, 3.63) is 75.0 Å². The van der Waals surface area contributed by atoms with Crippen molar-refractivity contribution >= 4 is 34.2 Å². The van der Waals surface area contributed by atoms with Crippen LogP contribution in [-0.2, 0) is 6.54 Å². The molecule has 5 nitrogen and oxygen atoms in total. The highest BCUT2D eigenvalue weighted by Crippen LogP contribution is 2.26. The molecule has 0 bridgehead atoms. The minimum Gasteiger partial charge on any atom is -0.322 e. The van der Waals surface area contributed by atoms with E-state index in [1.165, 1.54) is 0 Å². The van der Waals surface area contributed by atoms with Gasteiger partial charge in [-0.3, -0.25) is 4.79 Å². The molecule has 0 atom stereocenters. The molecule has 1 aliphatic carbocycles. The molecule has 0 aliphatic heterocycles. The van der Waals surface area contributed by atoms with E-state index in [1.54, 1.807) is 23.1 Å². The highest BCUT2D eigenvalue weighted by atomic mass is 35.5. The van der Waals surface area contributed by atoms with Crippen LogP contribution < -0.4 is 10.9 Å². The zero-order chi connectivity index (χ0) is 20.4. The quantitative estimate of drug-likeness (QED) is 0.600. The number of benzene rings is 2. The molecule has 1 saturated carbocycles. The first-order chi connectivity index (χ1) is 14.0. The van der Waals surface area contributed by atoms with Crippen molar-refractivity contribution in [1.29, 1.82) is 0 Å². The van der Waals surface area contributed by atoms with Crippen molar-refractivity contribution in [2.75, 3.05) is 5.32 Å². The van der Waals surface area contributed by atoms with Crippen LogP contribution in [0.15, 0.2) is 53.3 Å². The second kappa shape index (κ2) is 8.29. The van der Waals surface area contributed by atoms with Gasteiger partial charge in [0.2, 0.25) is 0 Å². The number of H-pyrrole nitrogens is 1. The first-order valence-corrected chi connectivity index (χ1v) is 10.3. The third-order valence-electron chi connectivity index (χ3n) is 5.52. The van der Waals surface area contributed by atoms with E-state index in [2.05, 4.69) is 10.3 Å². The first-order valence-electron chi connectivity index (χ1n) is 9.95. The number of hydrogen-bond donors (Lipinski definition) is 2. The number of carbonyl (C=O) groups is 1. The Bertz CT molecular complexity index is 1100. The molecule has 0 saturated heterocycles. The molecule has 150 valence electrons. The summed E-state index contributed by atoms with van der Waals surface area (Å²) in [7, 11) is 0. The number of rotatable bonds is 4. The minimum atomic E-state index is -0.206. The van der Waals surface area contributed by atoms with E-state index >= 15 is 0 Å². The molecule has 29 heavy (non-hydrogen) atoms. The Balaban J connectivity index is 1.63. The molecule has 1 aromatic heterocycles. The Morgan fingerprint density at radius 3 is 2.72 bits per heavy atom. The van der Waals surface area contributed by atoms with Crippen LogP contribution in [0.3, 0.4) is 0 Å². The highest BCUT2D eigenvalue weighted by molar-refractivity contribution is 6.30. The van der Waals surface area contributed by atoms with Gasteiger partial charge in [0.25, 0.3) is 5.56 Å². The number of halogens is 1. The summed E-state index contributed by atoms with van der Waals surface area (Å²) in [6.45, 7) is 2.30. The Morgan fingerprint density at radius 2 is 1.97 bits per heavy atom. The van der Waals surface area contributed by atoms with Gasteiger partial charge in [-0.25, -0.2) is 4.79 Å². The molecule has 1 fully saturated rings. The number of nitrogens with zero attached hydrogens (tertiary/aromatic N) is 1. The normalized spacial score (nSPS) is 14.3. The minimum absolute atomic E-state index is 0.127. The van der Waals surface area contributed by atoms with Gasteiger partial charge in [0, 0.05) is 27.8 Å². The fourth-order valence-corrected chi connectivity index (χ4v) is 4.21. The van der Waals surface area contributed by atoms with Crippen LogP contribution in [0.25, 0.3) is 10.9 Å². The van der Waals surface area contributed by atoms with Gasteiger partial charge < -0.3 is 15.2 Å². The van der Waals surface area contributed by atoms with E-state index in [1.807, 2.05) is 37.3 Å². The molecule has 2 aromatic carbocycles. The number of pyridine rings is 1. The van der Waals surface area contributed by atoms with E-state index < -0.39 is 0 Å². The van der Waals surface area contributed by atoms with Crippen LogP contribution in [-0.4, -0.2) is 22.0 Å². The van der Waals surface area contributed by atoms with Gasteiger partial charge in [-0.05, 0) is 61.5 Å². The van der Waals surface area contributed by atoms with Crippen LogP contribution in [0.4, 0.5) is 10.5 Å². The van der Waals surface area contributed by atoms with Crippen molar-refractivity contribution in [1.82, 2.24) is 9.88 Å². The van der Waals surface area contributed by atoms with Gasteiger partial charge in [-0.15, -0.1) is 0 Å². The van der Waals surface area contributed by atoms with E-state index in [9.17, 15) is 9.59 Å². The lowest BCUT2D eigenvalue weighted by Gasteiger charge is -2.29. The van der Waals surface area contributed by atoms with Gasteiger partial charge in [-0.1, -0.05) is 42.1 Å². The molecule has 3 aromatic rings. The summed E-state index contributed by atoms with van der Waals surface area (Å²) >= 11 is 6.04. The van der Waals surface area contributed by atoms with E-state index in [-0.39, 0.29) is 24.2 Å². The maximum Gasteiger partial charge on any atom is 0.322 e. The maximum atomic E-state index is 13.1. The smallest absolute Gasteiger partial charge is 0.322 e. The average molecular weight is 410 g/mol. The lowest BCUT2D eigenvalue weighted by atomic mass is 10.1. The number of hydrogen-bond acceptors (Lipinski definition) is 2. The number of aromatic amines is 1. The van der Waals surface area contributed by atoms with Gasteiger partial charge in [0.1, 0.15) is 0 Å². The summed E-state index contributed by atoms with van der Waals surface area (Å²) in [5.41, 5.74) is 3.02. The van der Waals surface area contributed by atoms with Crippen LogP contribution in [0.5, 0.6) is 0 Å². The zero-order valence-electron chi connectivity index (χ0n) is 16.4. The monoisotopic (exact) mass is 409 g/mol. The van der Waals surface area contributed by atoms with E-state index in [0.717, 1.165) is 42.1 Å². The number of amides is 2. The van der Waals surface area contributed by atoms with Crippen molar-refractivity contribution in [3.63, 3.8) is 0 Å². The SMILES string of the molecule is Cc1ccc2[nH]c(=O)c(CN(C(=O)Nc3cccc(Cl)c3)C3CCCC3)cc2c1. The predicted molar refractivity (Wildman–Crippen MR) is 118 cm³/mol. The summed E-state index contributed by atoms with van der Waals surface area (Å²) in [6.07, 6.45) is 4.10. The van der Waals surface area contributed by atoms with E-state index in [0.29, 0.717) is 16.3 Å². The molecule has 1 aliphatic rings. The second-order valence-electron chi connectivity index (χ2n) is 7.72.